The summed E-state index contributed by atoms with van der Waals surface area (Å²) < 4.78 is 10.4. The Morgan fingerprint density at radius 3 is 2.64 bits per heavy atom. The zero-order valence-electron chi connectivity index (χ0n) is 14.3. The van der Waals surface area contributed by atoms with Crippen molar-refractivity contribution in [2.24, 2.45) is 5.92 Å². The van der Waals surface area contributed by atoms with Crippen molar-refractivity contribution in [2.45, 2.75) is 26.2 Å². The second-order valence-electron chi connectivity index (χ2n) is 6.13. The highest BCUT2D eigenvalue weighted by Gasteiger charge is 2.28. The van der Waals surface area contributed by atoms with Gasteiger partial charge >= 0.3 is 5.97 Å². The highest BCUT2D eigenvalue weighted by Crippen LogP contribution is 2.22. The fourth-order valence-electron chi connectivity index (χ4n) is 3.03. The van der Waals surface area contributed by atoms with Crippen LogP contribution in [-0.2, 0) is 20.7 Å². The predicted octanol–water partition coefficient (Wildman–Crippen LogP) is 2.69. The van der Waals surface area contributed by atoms with E-state index in [2.05, 4.69) is 5.16 Å². The summed E-state index contributed by atoms with van der Waals surface area (Å²) in [7, 11) is 0. The Morgan fingerprint density at radius 2 is 1.96 bits per heavy atom. The lowest BCUT2D eigenvalue weighted by molar-refractivity contribution is -0.151. The van der Waals surface area contributed by atoms with Gasteiger partial charge in [0.05, 0.1) is 24.6 Å². The zero-order chi connectivity index (χ0) is 17.6. The summed E-state index contributed by atoms with van der Waals surface area (Å²) in [6, 6.07) is 11.5. The highest BCUT2D eigenvalue weighted by atomic mass is 16.5. The molecule has 1 aromatic heterocycles. The van der Waals surface area contributed by atoms with Gasteiger partial charge in [-0.2, -0.15) is 0 Å². The molecule has 1 aliphatic heterocycles. The van der Waals surface area contributed by atoms with Crippen LogP contribution in [0.1, 0.15) is 25.5 Å². The lowest BCUT2D eigenvalue weighted by Crippen LogP contribution is -2.41. The summed E-state index contributed by atoms with van der Waals surface area (Å²) in [5.41, 5.74) is 1.56. The van der Waals surface area contributed by atoms with Crippen molar-refractivity contribution in [3.8, 4) is 11.3 Å². The molecule has 0 radical (unpaired) electrons. The molecule has 0 aliphatic carbocycles. The van der Waals surface area contributed by atoms with E-state index < -0.39 is 0 Å². The van der Waals surface area contributed by atoms with Gasteiger partial charge in [-0.1, -0.05) is 35.5 Å². The number of piperidine rings is 1. The zero-order valence-corrected chi connectivity index (χ0v) is 14.3. The summed E-state index contributed by atoms with van der Waals surface area (Å²) in [5, 5.41) is 4.00. The normalized spacial score (nSPS) is 15.2. The predicted molar refractivity (Wildman–Crippen MR) is 91.6 cm³/mol. The Kier molecular flexibility index (Phi) is 5.48. The lowest BCUT2D eigenvalue weighted by Gasteiger charge is -2.30. The number of nitrogens with zero attached hydrogens (tertiary/aromatic N) is 2. The molecule has 6 nitrogen and oxygen atoms in total. The number of aromatic nitrogens is 1. The van der Waals surface area contributed by atoms with Crippen molar-refractivity contribution in [1.29, 1.82) is 0 Å². The Morgan fingerprint density at radius 1 is 1.24 bits per heavy atom. The van der Waals surface area contributed by atoms with Gasteiger partial charge in [0.2, 0.25) is 5.91 Å². The Labute approximate surface area is 146 Å². The van der Waals surface area contributed by atoms with E-state index >= 15 is 0 Å². The van der Waals surface area contributed by atoms with Crippen LogP contribution in [0.2, 0.25) is 0 Å². The van der Waals surface area contributed by atoms with Gasteiger partial charge in [0.1, 0.15) is 0 Å². The number of ether oxygens (including phenoxy) is 1. The molecule has 1 saturated heterocycles. The lowest BCUT2D eigenvalue weighted by atomic mass is 9.96. The van der Waals surface area contributed by atoms with Gasteiger partial charge in [0, 0.05) is 24.7 Å². The molecule has 0 saturated carbocycles. The number of carbonyl (C=O) groups excluding carboxylic acids is 2. The molecule has 6 heteroatoms. The van der Waals surface area contributed by atoms with E-state index in [1.807, 2.05) is 30.3 Å². The summed E-state index contributed by atoms with van der Waals surface area (Å²) >= 11 is 0. The average molecular weight is 342 g/mol. The van der Waals surface area contributed by atoms with Gasteiger partial charge < -0.3 is 14.2 Å². The van der Waals surface area contributed by atoms with Crippen LogP contribution in [0.3, 0.4) is 0 Å². The van der Waals surface area contributed by atoms with E-state index in [0.717, 1.165) is 5.56 Å². The van der Waals surface area contributed by atoms with Gasteiger partial charge in [-0.15, -0.1) is 0 Å². The van der Waals surface area contributed by atoms with E-state index in [-0.39, 0.29) is 24.2 Å². The molecule has 0 spiro atoms. The molecule has 1 aromatic carbocycles. The minimum Gasteiger partial charge on any atom is -0.466 e. The Bertz CT molecular complexity index is 718. The van der Waals surface area contributed by atoms with Crippen molar-refractivity contribution in [3.05, 3.63) is 42.1 Å². The van der Waals surface area contributed by atoms with Crippen LogP contribution >= 0.6 is 0 Å². The largest absolute Gasteiger partial charge is 0.466 e. The standard InChI is InChI=1S/C19H22N2O4/c1-2-24-19(23)15-8-10-21(11-9-15)18(22)13-16-12-17(25-20-16)14-6-4-3-5-7-14/h3-7,12,15H,2,8-11,13H2,1H3. The quantitative estimate of drug-likeness (QED) is 0.781. The monoisotopic (exact) mass is 342 g/mol. The van der Waals surface area contributed by atoms with Crippen LogP contribution in [-0.4, -0.2) is 41.6 Å². The smallest absolute Gasteiger partial charge is 0.309 e. The highest BCUT2D eigenvalue weighted by molar-refractivity contribution is 5.79. The van der Waals surface area contributed by atoms with Crippen LogP contribution < -0.4 is 0 Å². The molecule has 0 unspecified atom stereocenters. The van der Waals surface area contributed by atoms with Gasteiger partial charge in [0.15, 0.2) is 5.76 Å². The molecule has 2 heterocycles. The first kappa shape index (κ1) is 17.2. The second-order valence-corrected chi connectivity index (χ2v) is 6.13. The molecule has 3 rings (SSSR count). The van der Waals surface area contributed by atoms with Gasteiger partial charge in [-0.05, 0) is 19.8 Å². The first-order valence-corrected chi connectivity index (χ1v) is 8.62. The van der Waals surface area contributed by atoms with E-state index in [9.17, 15) is 9.59 Å². The van der Waals surface area contributed by atoms with Crippen molar-refractivity contribution in [2.75, 3.05) is 19.7 Å². The molecule has 0 atom stereocenters. The van der Waals surface area contributed by atoms with Gasteiger partial charge in [-0.3, -0.25) is 9.59 Å². The van der Waals surface area contributed by atoms with Crippen molar-refractivity contribution in [1.82, 2.24) is 10.1 Å². The van der Waals surface area contributed by atoms with E-state index in [0.29, 0.717) is 44.0 Å². The molecular formula is C19H22N2O4. The minimum atomic E-state index is -0.154. The van der Waals surface area contributed by atoms with Crippen molar-refractivity contribution >= 4 is 11.9 Å². The summed E-state index contributed by atoms with van der Waals surface area (Å²) in [4.78, 5) is 26.0. The molecule has 132 valence electrons. The number of likely N-dealkylation sites (tertiary alicyclic amines) is 1. The number of hydrogen-bond donors (Lipinski definition) is 0. The number of benzene rings is 1. The topological polar surface area (TPSA) is 72.6 Å². The number of hydrogen-bond acceptors (Lipinski definition) is 5. The third-order valence-corrected chi connectivity index (χ3v) is 4.42. The van der Waals surface area contributed by atoms with Gasteiger partial charge in [0.25, 0.3) is 0 Å². The fourth-order valence-corrected chi connectivity index (χ4v) is 3.03. The second kappa shape index (κ2) is 7.96. The van der Waals surface area contributed by atoms with Crippen LogP contribution in [0.4, 0.5) is 0 Å². The summed E-state index contributed by atoms with van der Waals surface area (Å²) in [6.45, 7) is 3.35. The van der Waals surface area contributed by atoms with E-state index in [1.54, 1.807) is 17.9 Å². The third-order valence-electron chi connectivity index (χ3n) is 4.42. The maximum absolute atomic E-state index is 12.4. The van der Waals surface area contributed by atoms with E-state index in [4.69, 9.17) is 9.26 Å². The minimum absolute atomic E-state index is 0.00946. The first-order valence-electron chi connectivity index (χ1n) is 8.62. The maximum Gasteiger partial charge on any atom is 0.309 e. The average Bonchev–Trinajstić information content (AvgIpc) is 3.11. The molecule has 0 bridgehead atoms. The molecular weight excluding hydrogens is 320 g/mol. The molecule has 1 aliphatic rings. The SMILES string of the molecule is CCOC(=O)C1CCN(C(=O)Cc2cc(-c3ccccc3)on2)CC1. The number of carbonyl (C=O) groups is 2. The van der Waals surface area contributed by atoms with Crippen LogP contribution in [0.15, 0.2) is 40.9 Å². The molecule has 2 aromatic rings. The fraction of sp³-hybridized carbons (Fsp3) is 0.421. The number of amides is 1. The first-order chi connectivity index (χ1) is 12.2. The van der Waals surface area contributed by atoms with Crippen LogP contribution in [0.25, 0.3) is 11.3 Å². The maximum atomic E-state index is 12.4. The Hall–Kier alpha value is -2.63. The third kappa shape index (κ3) is 4.26. The molecule has 1 fully saturated rings. The van der Waals surface area contributed by atoms with Crippen molar-refractivity contribution in [3.63, 3.8) is 0 Å². The number of esters is 1. The van der Waals surface area contributed by atoms with Crippen molar-refractivity contribution < 1.29 is 18.8 Å². The molecule has 1 amide bonds. The van der Waals surface area contributed by atoms with Crippen LogP contribution in [0.5, 0.6) is 0 Å². The van der Waals surface area contributed by atoms with Gasteiger partial charge in [-0.25, -0.2) is 0 Å². The molecule has 25 heavy (non-hydrogen) atoms. The number of rotatable bonds is 5. The summed E-state index contributed by atoms with van der Waals surface area (Å²) in [5.74, 6) is 0.416. The Balaban J connectivity index is 1.54. The van der Waals surface area contributed by atoms with Crippen LogP contribution in [0, 0.1) is 5.92 Å². The summed E-state index contributed by atoms with van der Waals surface area (Å²) in [6.07, 6.45) is 1.51. The van der Waals surface area contributed by atoms with E-state index in [1.165, 1.54) is 0 Å². The molecule has 0 N–H and O–H groups in total.